The number of hydrogen-bond acceptors (Lipinski definition) is 3. The highest BCUT2D eigenvalue weighted by Gasteiger charge is 2.25. The molecule has 32 heavy (non-hydrogen) atoms. The molecule has 2 N–H and O–H groups in total. The third-order valence-corrected chi connectivity index (χ3v) is 5.27. The lowest BCUT2D eigenvalue weighted by molar-refractivity contribution is -0.114. The van der Waals surface area contributed by atoms with E-state index < -0.39 is 0 Å². The van der Waals surface area contributed by atoms with Gasteiger partial charge in [-0.05, 0) is 66.1 Å². The summed E-state index contributed by atoms with van der Waals surface area (Å²) in [4.78, 5) is 38.2. The second-order valence-corrected chi connectivity index (χ2v) is 7.62. The van der Waals surface area contributed by atoms with Crippen LogP contribution < -0.4 is 15.5 Å². The van der Waals surface area contributed by atoms with Crippen LogP contribution in [0.1, 0.15) is 38.8 Å². The normalized spacial score (nSPS) is 12.2. The van der Waals surface area contributed by atoms with Gasteiger partial charge in [0.2, 0.25) is 5.91 Å². The van der Waals surface area contributed by atoms with Crippen molar-refractivity contribution in [2.75, 3.05) is 16.8 Å². The van der Waals surface area contributed by atoms with Crippen molar-refractivity contribution in [3.63, 3.8) is 0 Å². The predicted molar refractivity (Wildman–Crippen MR) is 120 cm³/mol. The maximum Gasteiger partial charge on any atom is 0.258 e. The van der Waals surface area contributed by atoms with Crippen LogP contribution in [-0.2, 0) is 17.8 Å². The number of carbonyl (C=O) groups is 3. The van der Waals surface area contributed by atoms with Crippen LogP contribution in [0.15, 0.2) is 66.7 Å². The van der Waals surface area contributed by atoms with Gasteiger partial charge in [0, 0.05) is 42.5 Å². The average Bonchev–Trinajstić information content (AvgIpc) is 3.20. The van der Waals surface area contributed by atoms with E-state index in [1.807, 2.05) is 18.2 Å². The minimum absolute atomic E-state index is 0.163. The second-order valence-electron chi connectivity index (χ2n) is 7.62. The molecule has 3 aromatic rings. The smallest absolute Gasteiger partial charge is 0.258 e. The molecule has 0 spiro atoms. The summed E-state index contributed by atoms with van der Waals surface area (Å²) < 4.78 is 13.1. The SMILES string of the molecule is CC(=O)Nc1cccc(C(=O)NCc2ccc3c(c2)CCN3C(=O)c2ccc(F)cc2)c1. The molecule has 0 unspecified atom stereocenters. The summed E-state index contributed by atoms with van der Waals surface area (Å²) in [5, 5.41) is 5.54. The minimum Gasteiger partial charge on any atom is -0.348 e. The fourth-order valence-electron chi connectivity index (χ4n) is 3.75. The maximum absolute atomic E-state index is 13.1. The maximum atomic E-state index is 13.1. The summed E-state index contributed by atoms with van der Waals surface area (Å²) in [5.74, 6) is -0.987. The number of fused-ring (bicyclic) bond motifs is 1. The van der Waals surface area contributed by atoms with Gasteiger partial charge in [0.25, 0.3) is 11.8 Å². The van der Waals surface area contributed by atoms with Crippen molar-refractivity contribution in [1.29, 1.82) is 0 Å². The molecule has 0 atom stereocenters. The number of carbonyl (C=O) groups excluding carboxylic acids is 3. The van der Waals surface area contributed by atoms with E-state index in [-0.39, 0.29) is 23.5 Å². The van der Waals surface area contributed by atoms with E-state index >= 15 is 0 Å². The first-order valence-corrected chi connectivity index (χ1v) is 10.3. The Balaban J connectivity index is 1.42. The van der Waals surface area contributed by atoms with E-state index in [9.17, 15) is 18.8 Å². The molecule has 0 bridgehead atoms. The summed E-state index contributed by atoms with van der Waals surface area (Å²) in [7, 11) is 0. The molecule has 0 saturated carbocycles. The van der Waals surface area contributed by atoms with Crippen molar-refractivity contribution in [3.8, 4) is 0 Å². The molecule has 4 rings (SSSR count). The molecule has 0 radical (unpaired) electrons. The lowest BCUT2D eigenvalue weighted by Crippen LogP contribution is -2.28. The number of benzene rings is 3. The number of nitrogens with one attached hydrogen (secondary N) is 2. The quantitative estimate of drug-likeness (QED) is 0.643. The molecule has 3 amide bonds. The van der Waals surface area contributed by atoms with E-state index in [1.54, 1.807) is 29.2 Å². The van der Waals surface area contributed by atoms with Crippen LogP contribution in [0.2, 0.25) is 0 Å². The van der Waals surface area contributed by atoms with Crippen molar-refractivity contribution in [2.45, 2.75) is 19.9 Å². The Bertz CT molecular complexity index is 1190. The number of hydrogen-bond donors (Lipinski definition) is 2. The summed E-state index contributed by atoms with van der Waals surface area (Å²) in [6.07, 6.45) is 0.711. The Morgan fingerprint density at radius 2 is 1.75 bits per heavy atom. The highest BCUT2D eigenvalue weighted by atomic mass is 19.1. The first-order chi connectivity index (χ1) is 15.4. The van der Waals surface area contributed by atoms with Gasteiger partial charge in [0.05, 0.1) is 0 Å². The van der Waals surface area contributed by atoms with Crippen LogP contribution in [0.3, 0.4) is 0 Å². The van der Waals surface area contributed by atoms with Crippen molar-refractivity contribution in [3.05, 3.63) is 94.8 Å². The number of halogens is 1. The molecular formula is C25H22FN3O3. The Kier molecular flexibility index (Phi) is 5.98. The predicted octanol–water partition coefficient (Wildman–Crippen LogP) is 3.92. The Morgan fingerprint density at radius 1 is 0.969 bits per heavy atom. The molecule has 6 nitrogen and oxygen atoms in total. The van der Waals surface area contributed by atoms with Crippen molar-refractivity contribution in [2.24, 2.45) is 0 Å². The zero-order valence-corrected chi connectivity index (χ0v) is 17.5. The lowest BCUT2D eigenvalue weighted by atomic mass is 10.1. The van der Waals surface area contributed by atoms with Crippen molar-refractivity contribution >= 4 is 29.1 Å². The molecule has 0 aliphatic carbocycles. The van der Waals surface area contributed by atoms with Gasteiger partial charge in [-0.3, -0.25) is 14.4 Å². The molecule has 0 fully saturated rings. The van der Waals surface area contributed by atoms with Gasteiger partial charge in [-0.1, -0.05) is 18.2 Å². The molecule has 1 aliphatic rings. The van der Waals surface area contributed by atoms with E-state index in [0.717, 1.165) is 16.8 Å². The second kappa shape index (κ2) is 9.01. The van der Waals surface area contributed by atoms with Crippen LogP contribution in [-0.4, -0.2) is 24.3 Å². The number of rotatable bonds is 5. The van der Waals surface area contributed by atoms with Crippen molar-refractivity contribution in [1.82, 2.24) is 5.32 Å². The molecule has 7 heteroatoms. The van der Waals surface area contributed by atoms with E-state index in [4.69, 9.17) is 0 Å². The molecule has 1 heterocycles. The van der Waals surface area contributed by atoms with Gasteiger partial charge in [0.15, 0.2) is 0 Å². The largest absolute Gasteiger partial charge is 0.348 e. The van der Waals surface area contributed by atoms with Gasteiger partial charge in [-0.15, -0.1) is 0 Å². The van der Waals surface area contributed by atoms with Gasteiger partial charge >= 0.3 is 0 Å². The Hall–Kier alpha value is -4.00. The summed E-state index contributed by atoms with van der Waals surface area (Å²) in [5.41, 5.74) is 4.24. The van der Waals surface area contributed by atoms with E-state index in [2.05, 4.69) is 10.6 Å². The van der Waals surface area contributed by atoms with Gasteiger partial charge in [-0.25, -0.2) is 4.39 Å². The van der Waals surface area contributed by atoms with Gasteiger partial charge < -0.3 is 15.5 Å². The summed E-state index contributed by atoms with van der Waals surface area (Å²) in [6, 6.07) is 18.0. The fraction of sp³-hybridized carbons (Fsp3) is 0.160. The molecular weight excluding hydrogens is 409 g/mol. The summed E-state index contributed by atoms with van der Waals surface area (Å²) in [6.45, 7) is 2.30. The first kappa shape index (κ1) is 21.2. The lowest BCUT2D eigenvalue weighted by Gasteiger charge is -2.18. The van der Waals surface area contributed by atoms with Crippen LogP contribution in [0.25, 0.3) is 0 Å². The Labute approximate surface area is 185 Å². The zero-order chi connectivity index (χ0) is 22.7. The molecule has 0 aromatic heterocycles. The molecule has 3 aromatic carbocycles. The van der Waals surface area contributed by atoms with E-state index in [1.165, 1.54) is 31.2 Å². The number of anilines is 2. The highest BCUT2D eigenvalue weighted by Crippen LogP contribution is 2.30. The topological polar surface area (TPSA) is 78.5 Å². The van der Waals surface area contributed by atoms with E-state index in [0.29, 0.717) is 36.3 Å². The minimum atomic E-state index is -0.378. The zero-order valence-electron chi connectivity index (χ0n) is 17.5. The van der Waals surface area contributed by atoms with Crippen LogP contribution >= 0.6 is 0 Å². The average molecular weight is 431 g/mol. The first-order valence-electron chi connectivity index (χ1n) is 10.3. The van der Waals surface area contributed by atoms with Gasteiger partial charge in [-0.2, -0.15) is 0 Å². The van der Waals surface area contributed by atoms with Gasteiger partial charge in [0.1, 0.15) is 5.82 Å². The molecule has 162 valence electrons. The Morgan fingerprint density at radius 3 is 2.50 bits per heavy atom. The number of nitrogens with zero attached hydrogens (tertiary/aromatic N) is 1. The molecule has 0 saturated heterocycles. The third kappa shape index (κ3) is 4.67. The molecule has 1 aliphatic heterocycles. The standard InChI is InChI=1S/C25H22FN3O3/c1-16(30)28-22-4-2-3-20(14-22)24(31)27-15-17-5-10-23-19(13-17)11-12-29(23)25(32)18-6-8-21(26)9-7-18/h2-10,13-14H,11-12,15H2,1H3,(H,27,31)(H,28,30). The monoisotopic (exact) mass is 431 g/mol. The summed E-state index contributed by atoms with van der Waals surface area (Å²) >= 11 is 0. The fourth-order valence-corrected chi connectivity index (χ4v) is 3.75. The van der Waals surface area contributed by atoms with Crippen LogP contribution in [0.4, 0.5) is 15.8 Å². The van der Waals surface area contributed by atoms with Crippen molar-refractivity contribution < 1.29 is 18.8 Å². The number of amides is 3. The third-order valence-electron chi connectivity index (χ3n) is 5.27. The highest BCUT2D eigenvalue weighted by molar-refractivity contribution is 6.07. The van der Waals surface area contributed by atoms with Crippen LogP contribution in [0, 0.1) is 5.82 Å². The van der Waals surface area contributed by atoms with Crippen LogP contribution in [0.5, 0.6) is 0 Å².